The molecule has 7 nitrogen and oxygen atoms in total. The van der Waals surface area contributed by atoms with E-state index >= 15 is 0 Å². The van der Waals surface area contributed by atoms with Crippen molar-refractivity contribution in [3.05, 3.63) is 98.6 Å². The standard InChI is InChI=1S/C11H8ClFN2O.C6H7NO.C5H2ClFIN.C4H9O.K/c12-11-5-10(9(13)6-15-11)16-8-3-1-7(14)2-4-8;7-5-1-3-6(8)4-2-5;6-5-1-4(8)3(7)2-9-5;1-4(2,3)5;/h1-6H,14H2;1-4,8H,7H2;1-2H;1-3H3;/q;;;-1;+1. The first-order valence-electron chi connectivity index (χ1n) is 10.7. The van der Waals surface area contributed by atoms with Crippen LogP contribution in [0, 0.1) is 15.2 Å². The van der Waals surface area contributed by atoms with Crippen LogP contribution in [0.1, 0.15) is 20.8 Å². The third-order valence-corrected chi connectivity index (χ3v) is 4.80. The van der Waals surface area contributed by atoms with Crippen molar-refractivity contribution in [1.29, 1.82) is 0 Å². The van der Waals surface area contributed by atoms with Crippen molar-refractivity contribution >= 4 is 57.2 Å². The summed E-state index contributed by atoms with van der Waals surface area (Å²) >= 11 is 12.9. The second-order valence-electron chi connectivity index (χ2n) is 8.23. The van der Waals surface area contributed by atoms with Gasteiger partial charge in [0.2, 0.25) is 0 Å². The maximum atomic E-state index is 13.3. The van der Waals surface area contributed by atoms with E-state index in [9.17, 15) is 13.9 Å². The van der Waals surface area contributed by atoms with Crippen molar-refractivity contribution < 1.29 is 75.1 Å². The average Bonchev–Trinajstić information content (AvgIpc) is 2.82. The minimum Gasteiger partial charge on any atom is -0.850 e. The number of hydrogen-bond donors (Lipinski definition) is 3. The molecule has 0 fully saturated rings. The van der Waals surface area contributed by atoms with Crippen LogP contribution in [-0.4, -0.2) is 20.7 Å². The first kappa shape index (κ1) is 37.7. The van der Waals surface area contributed by atoms with Gasteiger partial charge >= 0.3 is 51.4 Å². The third kappa shape index (κ3) is 18.6. The Balaban J connectivity index is 0.000000538. The number of rotatable bonds is 2. The van der Waals surface area contributed by atoms with Crippen LogP contribution in [0.4, 0.5) is 20.2 Å². The average molecular weight is 717 g/mol. The Hall–Kier alpha value is -1.29. The number of hydrogen-bond acceptors (Lipinski definition) is 7. The number of anilines is 2. The number of pyridine rings is 2. The Morgan fingerprint density at radius 2 is 1.26 bits per heavy atom. The van der Waals surface area contributed by atoms with Gasteiger partial charge in [-0.25, -0.2) is 18.7 Å². The van der Waals surface area contributed by atoms with E-state index in [4.69, 9.17) is 44.5 Å². The molecular formula is C26H26Cl2F2IKN4O3. The summed E-state index contributed by atoms with van der Waals surface area (Å²) in [5, 5.41) is 19.3. The minimum atomic E-state index is -0.750. The molecule has 2 heterocycles. The summed E-state index contributed by atoms with van der Waals surface area (Å²) in [6, 6.07) is 15.8. The van der Waals surface area contributed by atoms with Crippen molar-refractivity contribution in [1.82, 2.24) is 9.97 Å². The van der Waals surface area contributed by atoms with Crippen molar-refractivity contribution in [2.45, 2.75) is 26.4 Å². The molecule has 4 aromatic rings. The summed E-state index contributed by atoms with van der Waals surface area (Å²) in [5.74, 6) is -0.138. The second kappa shape index (κ2) is 18.9. The Morgan fingerprint density at radius 1 is 0.846 bits per heavy atom. The number of aromatic hydroxyl groups is 1. The second-order valence-corrected chi connectivity index (χ2v) is 10.2. The molecule has 5 N–H and O–H groups in total. The molecule has 2 aromatic heterocycles. The number of nitrogens with zero attached hydrogens (tertiary/aromatic N) is 2. The van der Waals surface area contributed by atoms with Gasteiger partial charge in [-0.15, -0.1) is 5.60 Å². The first-order chi connectivity index (χ1) is 17.6. The van der Waals surface area contributed by atoms with Crippen LogP contribution in [0.2, 0.25) is 10.3 Å². The Kier molecular flexibility index (Phi) is 18.3. The zero-order valence-corrected chi connectivity index (χ0v) is 28.4. The van der Waals surface area contributed by atoms with E-state index in [0.717, 1.165) is 12.4 Å². The van der Waals surface area contributed by atoms with Gasteiger partial charge in [0.15, 0.2) is 17.4 Å². The van der Waals surface area contributed by atoms with Crippen LogP contribution in [0.3, 0.4) is 0 Å². The minimum absolute atomic E-state index is 0. The van der Waals surface area contributed by atoms with E-state index in [1.165, 1.54) is 12.1 Å². The summed E-state index contributed by atoms with van der Waals surface area (Å²) in [4.78, 5) is 7.11. The summed E-state index contributed by atoms with van der Waals surface area (Å²) in [5.41, 5.74) is 11.4. The van der Waals surface area contributed by atoms with Crippen LogP contribution in [0.15, 0.2) is 73.1 Å². The SMILES string of the molecule is CC(C)(C)[O-].Fc1cnc(Cl)cc1I.Nc1ccc(O)cc1.Nc1ccc(Oc2cc(Cl)ncc2F)cc1.[K+]. The number of halogens is 5. The van der Waals surface area contributed by atoms with Gasteiger partial charge in [-0.2, -0.15) is 0 Å². The molecule has 0 aliphatic carbocycles. The number of nitrogen functional groups attached to an aromatic ring is 2. The molecule has 0 atom stereocenters. The van der Waals surface area contributed by atoms with E-state index in [0.29, 0.717) is 25.8 Å². The third-order valence-electron chi connectivity index (χ3n) is 3.56. The summed E-state index contributed by atoms with van der Waals surface area (Å²) in [6.45, 7) is 4.90. The monoisotopic (exact) mass is 716 g/mol. The van der Waals surface area contributed by atoms with E-state index in [-0.39, 0.29) is 73.9 Å². The predicted octanol–water partition coefficient (Wildman–Crippen LogP) is 3.85. The number of phenolic OH excluding ortho intramolecular Hbond substituents is 1. The van der Waals surface area contributed by atoms with Crippen molar-refractivity contribution in [3.8, 4) is 17.2 Å². The fourth-order valence-electron chi connectivity index (χ4n) is 2.00. The Morgan fingerprint density at radius 3 is 1.67 bits per heavy atom. The van der Waals surface area contributed by atoms with Gasteiger partial charge in [0.05, 0.1) is 16.0 Å². The number of phenols is 1. The van der Waals surface area contributed by atoms with E-state index in [1.807, 2.05) is 22.6 Å². The normalized spacial score (nSPS) is 9.77. The van der Waals surface area contributed by atoms with Gasteiger partial charge in [-0.3, -0.25) is 0 Å². The number of benzene rings is 2. The van der Waals surface area contributed by atoms with Gasteiger partial charge in [-0.05, 0) is 77.2 Å². The summed E-state index contributed by atoms with van der Waals surface area (Å²) in [7, 11) is 0. The summed E-state index contributed by atoms with van der Waals surface area (Å²) < 4.78 is 31.4. The maximum Gasteiger partial charge on any atom is 1.00 e. The van der Waals surface area contributed by atoms with E-state index < -0.39 is 11.4 Å². The molecule has 4 rings (SSSR count). The van der Waals surface area contributed by atoms with Crippen LogP contribution >= 0.6 is 45.8 Å². The topological polar surface area (TPSA) is 130 Å². The van der Waals surface area contributed by atoms with Gasteiger partial charge in [0.1, 0.15) is 21.8 Å². The molecule has 0 aliphatic heterocycles. The number of ether oxygens (including phenoxy) is 1. The fraction of sp³-hybridized carbons (Fsp3) is 0.154. The predicted molar refractivity (Wildman–Crippen MR) is 154 cm³/mol. The van der Waals surface area contributed by atoms with Gasteiger partial charge < -0.3 is 26.4 Å². The largest absolute Gasteiger partial charge is 1.00 e. The quantitative estimate of drug-likeness (QED) is 0.0945. The summed E-state index contributed by atoms with van der Waals surface area (Å²) in [6.07, 6.45) is 2.11. The molecule has 0 unspecified atom stereocenters. The fourth-order valence-corrected chi connectivity index (χ4v) is 2.93. The molecule has 2 aromatic carbocycles. The molecule has 0 aliphatic rings. The molecular weight excluding hydrogens is 691 g/mol. The van der Waals surface area contributed by atoms with Crippen molar-refractivity contribution in [3.63, 3.8) is 0 Å². The van der Waals surface area contributed by atoms with Crippen LogP contribution < -0.4 is 72.7 Å². The van der Waals surface area contributed by atoms with Crippen LogP contribution in [0.5, 0.6) is 17.2 Å². The number of aromatic nitrogens is 2. The van der Waals surface area contributed by atoms with Crippen molar-refractivity contribution in [2.24, 2.45) is 0 Å². The number of nitrogens with two attached hydrogens (primary N) is 2. The first-order valence-corrected chi connectivity index (χ1v) is 12.5. The zero-order chi connectivity index (χ0) is 28.9. The zero-order valence-electron chi connectivity index (χ0n) is 21.6. The molecule has 39 heavy (non-hydrogen) atoms. The maximum absolute atomic E-state index is 13.3. The molecule has 0 saturated carbocycles. The van der Waals surface area contributed by atoms with Crippen LogP contribution in [-0.2, 0) is 0 Å². The van der Waals surface area contributed by atoms with Gasteiger partial charge in [-0.1, -0.05) is 44.0 Å². The van der Waals surface area contributed by atoms with Gasteiger partial charge in [0, 0.05) is 17.4 Å². The van der Waals surface area contributed by atoms with Crippen molar-refractivity contribution in [2.75, 3.05) is 11.5 Å². The Labute approximate surface area is 292 Å². The Bertz CT molecular complexity index is 1260. The molecule has 0 radical (unpaired) electrons. The molecule has 0 spiro atoms. The molecule has 0 saturated heterocycles. The molecule has 0 bridgehead atoms. The smallest absolute Gasteiger partial charge is 0.850 e. The molecule has 204 valence electrons. The molecule has 0 amide bonds. The van der Waals surface area contributed by atoms with Crippen LogP contribution in [0.25, 0.3) is 0 Å². The van der Waals surface area contributed by atoms with E-state index in [2.05, 4.69) is 9.97 Å². The van der Waals surface area contributed by atoms with Gasteiger partial charge in [0.25, 0.3) is 0 Å². The van der Waals surface area contributed by atoms with E-state index in [1.54, 1.807) is 69.3 Å². The molecule has 13 heteroatoms.